The van der Waals surface area contributed by atoms with Gasteiger partial charge < -0.3 is 4.74 Å². The SMILES string of the molecule is COc1ccc(-c2nc(SCC(=O)N3c4ccccc4Sc4ccc(Cl)cc43)n[nH]2)cc1. The number of nitrogens with zero attached hydrogens (tertiary/aromatic N) is 3. The molecule has 0 saturated heterocycles. The Morgan fingerprint density at radius 1 is 1.09 bits per heavy atom. The van der Waals surface area contributed by atoms with E-state index in [0.29, 0.717) is 16.0 Å². The third-order valence-electron chi connectivity index (χ3n) is 4.89. The molecule has 6 nitrogen and oxygen atoms in total. The lowest BCUT2D eigenvalue weighted by atomic mass is 10.2. The smallest absolute Gasteiger partial charge is 0.242 e. The Labute approximate surface area is 198 Å². The van der Waals surface area contributed by atoms with Gasteiger partial charge in [0.2, 0.25) is 11.1 Å². The molecule has 0 spiro atoms. The minimum absolute atomic E-state index is 0.0675. The molecule has 1 aliphatic rings. The Morgan fingerprint density at radius 3 is 2.69 bits per heavy atom. The van der Waals surface area contributed by atoms with Crippen LogP contribution in [0.5, 0.6) is 5.75 Å². The van der Waals surface area contributed by atoms with Crippen LogP contribution in [0.4, 0.5) is 11.4 Å². The van der Waals surface area contributed by atoms with E-state index in [9.17, 15) is 4.79 Å². The minimum Gasteiger partial charge on any atom is -0.497 e. The van der Waals surface area contributed by atoms with Crippen molar-refractivity contribution in [3.05, 3.63) is 71.8 Å². The number of aromatic amines is 1. The van der Waals surface area contributed by atoms with E-state index in [1.54, 1.807) is 23.8 Å². The molecule has 9 heteroatoms. The molecular formula is C23H17ClN4O2S2. The number of halogens is 1. The van der Waals surface area contributed by atoms with E-state index in [1.807, 2.05) is 66.7 Å². The number of fused-ring (bicyclic) bond motifs is 2. The molecule has 3 aromatic carbocycles. The molecule has 2 heterocycles. The maximum atomic E-state index is 13.3. The molecule has 0 unspecified atom stereocenters. The summed E-state index contributed by atoms with van der Waals surface area (Å²) in [5.41, 5.74) is 2.54. The highest BCUT2D eigenvalue weighted by atomic mass is 35.5. The van der Waals surface area contributed by atoms with Crippen molar-refractivity contribution in [2.75, 3.05) is 17.8 Å². The molecule has 0 bridgehead atoms. The highest BCUT2D eigenvalue weighted by Gasteiger charge is 2.28. The van der Waals surface area contributed by atoms with Gasteiger partial charge >= 0.3 is 0 Å². The molecule has 1 amide bonds. The second-order valence-corrected chi connectivity index (χ2v) is 9.36. The van der Waals surface area contributed by atoms with Gasteiger partial charge in [-0.25, -0.2) is 4.98 Å². The van der Waals surface area contributed by atoms with E-state index >= 15 is 0 Å². The van der Waals surface area contributed by atoms with Crippen molar-refractivity contribution >= 4 is 52.4 Å². The number of ether oxygens (including phenoxy) is 1. The first-order chi connectivity index (χ1) is 15.6. The van der Waals surface area contributed by atoms with Crippen molar-refractivity contribution in [1.82, 2.24) is 15.2 Å². The third kappa shape index (κ3) is 4.09. The second kappa shape index (κ2) is 8.90. The van der Waals surface area contributed by atoms with E-state index in [0.717, 1.165) is 32.5 Å². The summed E-state index contributed by atoms with van der Waals surface area (Å²) in [5, 5.41) is 8.29. The molecule has 0 saturated carbocycles. The molecule has 1 aromatic heterocycles. The number of methoxy groups -OCH3 is 1. The molecule has 5 rings (SSSR count). The van der Waals surface area contributed by atoms with Gasteiger partial charge in [0.05, 0.1) is 24.2 Å². The zero-order valence-corrected chi connectivity index (χ0v) is 19.3. The molecule has 1 N–H and O–H groups in total. The van der Waals surface area contributed by atoms with Crippen LogP contribution in [0.1, 0.15) is 0 Å². The summed E-state index contributed by atoms with van der Waals surface area (Å²) < 4.78 is 5.19. The van der Waals surface area contributed by atoms with Gasteiger partial charge in [-0.1, -0.05) is 47.3 Å². The Morgan fingerprint density at radius 2 is 1.88 bits per heavy atom. The predicted octanol–water partition coefficient (Wildman–Crippen LogP) is 6.06. The number of nitrogens with one attached hydrogen (secondary N) is 1. The summed E-state index contributed by atoms with van der Waals surface area (Å²) >= 11 is 9.16. The predicted molar refractivity (Wildman–Crippen MR) is 128 cm³/mol. The van der Waals surface area contributed by atoms with Crippen LogP contribution in [0.2, 0.25) is 5.02 Å². The molecule has 160 valence electrons. The summed E-state index contributed by atoms with van der Waals surface area (Å²) in [4.78, 5) is 21.6. The molecule has 4 aromatic rings. The fourth-order valence-electron chi connectivity index (χ4n) is 3.38. The van der Waals surface area contributed by atoms with Gasteiger partial charge in [0, 0.05) is 20.4 Å². The Bertz CT molecular complexity index is 1290. The van der Waals surface area contributed by atoms with E-state index in [1.165, 1.54) is 11.8 Å². The number of carbonyl (C=O) groups excluding carboxylic acids is 1. The van der Waals surface area contributed by atoms with Gasteiger partial charge in [0.25, 0.3) is 0 Å². The van der Waals surface area contributed by atoms with Crippen LogP contribution in [0.15, 0.2) is 81.7 Å². The monoisotopic (exact) mass is 480 g/mol. The number of anilines is 2. The lowest BCUT2D eigenvalue weighted by molar-refractivity contribution is -0.115. The van der Waals surface area contributed by atoms with Gasteiger partial charge in [0.15, 0.2) is 5.82 Å². The molecule has 0 atom stereocenters. The summed E-state index contributed by atoms with van der Waals surface area (Å²) in [6, 6.07) is 21.0. The average Bonchev–Trinajstić information content (AvgIpc) is 3.30. The van der Waals surface area contributed by atoms with Crippen molar-refractivity contribution in [3.63, 3.8) is 0 Å². The average molecular weight is 481 g/mol. The number of benzene rings is 3. The van der Waals surface area contributed by atoms with Crippen LogP contribution in [0.3, 0.4) is 0 Å². The van der Waals surface area contributed by atoms with Crippen LogP contribution in [-0.4, -0.2) is 34.0 Å². The largest absolute Gasteiger partial charge is 0.497 e. The maximum Gasteiger partial charge on any atom is 0.242 e. The van der Waals surface area contributed by atoms with Crippen LogP contribution in [-0.2, 0) is 4.79 Å². The summed E-state index contributed by atoms with van der Waals surface area (Å²) in [7, 11) is 1.63. The summed E-state index contributed by atoms with van der Waals surface area (Å²) in [6.07, 6.45) is 0. The van der Waals surface area contributed by atoms with Gasteiger partial charge in [-0.2, -0.15) is 0 Å². The highest BCUT2D eigenvalue weighted by molar-refractivity contribution is 8.00. The normalized spacial score (nSPS) is 12.2. The van der Waals surface area contributed by atoms with Gasteiger partial charge in [-0.3, -0.25) is 14.8 Å². The zero-order chi connectivity index (χ0) is 22.1. The molecule has 0 aliphatic carbocycles. The first-order valence-corrected chi connectivity index (χ1v) is 11.9. The molecule has 32 heavy (non-hydrogen) atoms. The second-order valence-electron chi connectivity index (χ2n) is 6.89. The highest BCUT2D eigenvalue weighted by Crippen LogP contribution is 2.49. The van der Waals surface area contributed by atoms with Crippen LogP contribution in [0.25, 0.3) is 11.4 Å². The number of aromatic nitrogens is 3. The van der Waals surface area contributed by atoms with E-state index in [4.69, 9.17) is 16.3 Å². The van der Waals surface area contributed by atoms with E-state index in [2.05, 4.69) is 15.2 Å². The molecule has 0 radical (unpaired) electrons. The fraction of sp³-hybridized carbons (Fsp3) is 0.0870. The van der Waals surface area contributed by atoms with E-state index < -0.39 is 0 Å². The topological polar surface area (TPSA) is 71.1 Å². The number of hydrogen-bond donors (Lipinski definition) is 1. The Balaban J connectivity index is 1.36. The lowest BCUT2D eigenvalue weighted by Gasteiger charge is -2.31. The number of amides is 1. The number of H-pyrrole nitrogens is 1. The molecule has 1 aliphatic heterocycles. The maximum absolute atomic E-state index is 13.3. The lowest BCUT2D eigenvalue weighted by Crippen LogP contribution is -2.30. The first-order valence-electron chi connectivity index (χ1n) is 9.71. The fourth-order valence-corrected chi connectivity index (χ4v) is 5.23. The summed E-state index contributed by atoms with van der Waals surface area (Å²) in [5.74, 6) is 1.53. The van der Waals surface area contributed by atoms with Crippen molar-refractivity contribution in [2.24, 2.45) is 0 Å². The molecule has 0 fully saturated rings. The quantitative estimate of drug-likeness (QED) is 0.350. The van der Waals surface area contributed by atoms with Crippen molar-refractivity contribution < 1.29 is 9.53 Å². The third-order valence-corrected chi connectivity index (χ3v) is 7.09. The van der Waals surface area contributed by atoms with Crippen molar-refractivity contribution in [1.29, 1.82) is 0 Å². The standard InChI is InChI=1S/C23H17ClN4O2S2/c1-30-16-9-6-14(7-10-16)22-25-23(27-26-22)31-13-21(29)28-17-4-2-3-5-19(17)32-20-11-8-15(24)12-18(20)28/h2-12H,13H2,1H3,(H,25,26,27). The van der Waals surface area contributed by atoms with E-state index in [-0.39, 0.29) is 11.7 Å². The van der Waals surface area contributed by atoms with Crippen LogP contribution in [0, 0.1) is 0 Å². The number of para-hydroxylation sites is 1. The zero-order valence-electron chi connectivity index (χ0n) is 16.9. The van der Waals surface area contributed by atoms with Crippen LogP contribution >= 0.6 is 35.1 Å². The number of carbonyl (C=O) groups is 1. The van der Waals surface area contributed by atoms with Gasteiger partial charge in [-0.05, 0) is 54.6 Å². The van der Waals surface area contributed by atoms with Crippen LogP contribution < -0.4 is 9.64 Å². The first kappa shape index (κ1) is 20.9. The Kier molecular flexibility index (Phi) is 5.82. The van der Waals surface area contributed by atoms with Crippen molar-refractivity contribution in [2.45, 2.75) is 14.9 Å². The Hall–Kier alpha value is -2.94. The minimum atomic E-state index is -0.0675. The number of thioether (sulfide) groups is 1. The number of rotatable bonds is 5. The summed E-state index contributed by atoms with van der Waals surface area (Å²) in [6.45, 7) is 0. The number of hydrogen-bond acceptors (Lipinski definition) is 6. The van der Waals surface area contributed by atoms with Crippen molar-refractivity contribution in [3.8, 4) is 17.1 Å². The van der Waals surface area contributed by atoms with Gasteiger partial charge in [0.1, 0.15) is 5.75 Å². The van der Waals surface area contributed by atoms with Gasteiger partial charge in [-0.15, -0.1) is 5.10 Å². The molecular weight excluding hydrogens is 464 g/mol.